The largest absolute Gasteiger partial charge is 0.489 e. The van der Waals surface area contributed by atoms with Crippen LogP contribution in [0.3, 0.4) is 0 Å². The molecule has 1 aliphatic heterocycles. The number of nitrogens with one attached hydrogen (secondary N) is 1. The van der Waals surface area contributed by atoms with Gasteiger partial charge in [-0.1, -0.05) is 23.4 Å². The lowest BCUT2D eigenvalue weighted by molar-refractivity contribution is -0.121. The number of aromatic amines is 1. The Balaban J connectivity index is 1.55. The highest BCUT2D eigenvalue weighted by Gasteiger charge is 2.42. The fraction of sp³-hybridized carbons (Fsp3) is 0.238. The molecular weight excluding hydrogens is 354 g/mol. The van der Waals surface area contributed by atoms with Crippen LogP contribution in [0.5, 0.6) is 5.75 Å². The van der Waals surface area contributed by atoms with E-state index in [0.29, 0.717) is 23.7 Å². The van der Waals surface area contributed by atoms with E-state index in [2.05, 4.69) is 15.4 Å². The van der Waals surface area contributed by atoms with Crippen molar-refractivity contribution in [2.45, 2.75) is 25.9 Å². The van der Waals surface area contributed by atoms with E-state index >= 15 is 0 Å². The number of likely N-dealkylation sites (N-methyl/N-ethyl adjacent to an activating group) is 1. The zero-order valence-electron chi connectivity index (χ0n) is 15.9. The molecule has 140 valence electrons. The minimum atomic E-state index is -0.565. The number of ether oxygens (including phenoxy) is 1. The van der Waals surface area contributed by atoms with Crippen LogP contribution in [0.25, 0.3) is 11.3 Å². The van der Waals surface area contributed by atoms with Gasteiger partial charge < -0.3 is 9.64 Å². The van der Waals surface area contributed by atoms with Crippen LogP contribution < -0.4 is 9.64 Å². The summed E-state index contributed by atoms with van der Waals surface area (Å²) in [4.78, 5) is 14.1. The van der Waals surface area contributed by atoms with Crippen molar-refractivity contribution in [3.8, 4) is 23.1 Å². The third-order valence-corrected chi connectivity index (χ3v) is 5.11. The molecule has 28 heavy (non-hydrogen) atoms. The highest BCUT2D eigenvalue weighted by Crippen LogP contribution is 2.42. The first-order chi connectivity index (χ1) is 13.4. The van der Waals surface area contributed by atoms with Crippen LogP contribution >= 0.6 is 0 Å². The van der Waals surface area contributed by atoms with Gasteiger partial charge in [0.1, 0.15) is 24.1 Å². The molecule has 7 heteroatoms. The van der Waals surface area contributed by atoms with Crippen LogP contribution in [0, 0.1) is 11.3 Å². The Morgan fingerprint density at radius 1 is 1.25 bits per heavy atom. The Labute approximate surface area is 162 Å². The molecule has 0 bridgehead atoms. The summed E-state index contributed by atoms with van der Waals surface area (Å²) in [5.41, 5.74) is 3.90. The fourth-order valence-corrected chi connectivity index (χ4v) is 3.52. The maximum Gasteiger partial charge on any atom is 0.236 e. The average Bonchev–Trinajstić information content (AvgIpc) is 3.25. The van der Waals surface area contributed by atoms with Gasteiger partial charge in [0.2, 0.25) is 5.91 Å². The third-order valence-electron chi connectivity index (χ3n) is 5.11. The SMILES string of the molecule is CN1C(=O)C(C)(C)c2cc(OCc3cccc(-c4nn[nH]c4C#N)c3)ccc21. The van der Waals surface area contributed by atoms with Crippen molar-refractivity contribution in [1.29, 1.82) is 5.26 Å². The van der Waals surface area contributed by atoms with E-state index < -0.39 is 5.41 Å². The quantitative estimate of drug-likeness (QED) is 0.758. The Hall–Kier alpha value is -3.66. The first kappa shape index (κ1) is 17.7. The molecule has 2 aromatic carbocycles. The second-order valence-electron chi connectivity index (χ2n) is 7.30. The summed E-state index contributed by atoms with van der Waals surface area (Å²) < 4.78 is 5.97. The van der Waals surface area contributed by atoms with Crippen molar-refractivity contribution in [3.05, 3.63) is 59.3 Å². The number of anilines is 1. The number of fused-ring (bicyclic) bond motifs is 1. The van der Waals surface area contributed by atoms with E-state index in [1.807, 2.05) is 62.4 Å². The zero-order valence-corrected chi connectivity index (χ0v) is 15.9. The molecule has 0 aliphatic carbocycles. The summed E-state index contributed by atoms with van der Waals surface area (Å²) in [5, 5.41) is 19.4. The highest BCUT2D eigenvalue weighted by molar-refractivity contribution is 6.07. The molecule has 0 atom stereocenters. The lowest BCUT2D eigenvalue weighted by Crippen LogP contribution is -2.33. The number of hydrogen-bond donors (Lipinski definition) is 1. The van der Waals surface area contributed by atoms with E-state index in [1.165, 1.54) is 0 Å². The number of benzene rings is 2. The number of hydrogen-bond acceptors (Lipinski definition) is 5. The van der Waals surface area contributed by atoms with Gasteiger partial charge in [0.05, 0.1) is 5.41 Å². The fourth-order valence-electron chi connectivity index (χ4n) is 3.52. The number of H-pyrrole nitrogens is 1. The third kappa shape index (κ3) is 2.79. The Bertz CT molecular complexity index is 1110. The summed E-state index contributed by atoms with van der Waals surface area (Å²) in [5.74, 6) is 0.785. The monoisotopic (exact) mass is 373 g/mol. The molecule has 1 N–H and O–H groups in total. The Kier molecular flexibility index (Phi) is 4.12. The number of amides is 1. The van der Waals surface area contributed by atoms with E-state index in [4.69, 9.17) is 10.00 Å². The Morgan fingerprint density at radius 3 is 2.86 bits per heavy atom. The molecule has 0 radical (unpaired) electrons. The molecule has 0 saturated heterocycles. The standard InChI is InChI=1S/C21H19N5O2/c1-21(2)16-10-15(7-8-18(16)26(3)20(21)27)28-12-13-5-4-6-14(9-13)19-17(11-22)23-25-24-19/h4-10H,12H2,1-3H3,(H,23,24,25). The van der Waals surface area contributed by atoms with Gasteiger partial charge in [0.25, 0.3) is 0 Å². The van der Waals surface area contributed by atoms with Gasteiger partial charge in [-0.3, -0.25) is 4.79 Å². The Morgan fingerprint density at radius 2 is 2.07 bits per heavy atom. The molecule has 0 spiro atoms. The second-order valence-corrected chi connectivity index (χ2v) is 7.30. The molecular formula is C21H19N5O2. The van der Waals surface area contributed by atoms with Gasteiger partial charge in [-0.2, -0.15) is 5.26 Å². The van der Waals surface area contributed by atoms with Crippen LogP contribution in [0.2, 0.25) is 0 Å². The summed E-state index contributed by atoms with van der Waals surface area (Å²) in [6, 6.07) is 15.4. The molecule has 0 saturated carbocycles. The number of aromatic nitrogens is 3. The van der Waals surface area contributed by atoms with Crippen molar-refractivity contribution in [2.24, 2.45) is 0 Å². The van der Waals surface area contributed by atoms with Gasteiger partial charge in [0.15, 0.2) is 5.69 Å². The molecule has 4 rings (SSSR count). The smallest absolute Gasteiger partial charge is 0.236 e. The minimum Gasteiger partial charge on any atom is -0.489 e. The average molecular weight is 373 g/mol. The first-order valence-corrected chi connectivity index (χ1v) is 8.88. The lowest BCUT2D eigenvalue weighted by Gasteiger charge is -2.17. The summed E-state index contributed by atoms with van der Waals surface area (Å²) in [7, 11) is 1.79. The van der Waals surface area contributed by atoms with Crippen molar-refractivity contribution in [3.63, 3.8) is 0 Å². The van der Waals surface area contributed by atoms with Crippen molar-refractivity contribution >= 4 is 11.6 Å². The van der Waals surface area contributed by atoms with E-state index in [-0.39, 0.29) is 5.91 Å². The maximum atomic E-state index is 12.4. The first-order valence-electron chi connectivity index (χ1n) is 8.88. The zero-order chi connectivity index (χ0) is 19.9. The molecule has 7 nitrogen and oxygen atoms in total. The normalized spacial score (nSPS) is 14.6. The van der Waals surface area contributed by atoms with Crippen LogP contribution in [-0.4, -0.2) is 28.4 Å². The van der Waals surface area contributed by atoms with Crippen LogP contribution in [0.4, 0.5) is 5.69 Å². The van der Waals surface area contributed by atoms with Gasteiger partial charge >= 0.3 is 0 Å². The predicted molar refractivity (Wildman–Crippen MR) is 104 cm³/mol. The molecule has 0 unspecified atom stereocenters. The number of nitrogens with zero attached hydrogens (tertiary/aromatic N) is 4. The molecule has 1 aromatic heterocycles. The van der Waals surface area contributed by atoms with Crippen molar-refractivity contribution in [2.75, 3.05) is 11.9 Å². The summed E-state index contributed by atoms with van der Waals surface area (Å²) in [6.45, 7) is 4.21. The number of rotatable bonds is 4. The lowest BCUT2D eigenvalue weighted by atomic mass is 9.86. The van der Waals surface area contributed by atoms with Gasteiger partial charge in [0, 0.05) is 18.3 Å². The van der Waals surface area contributed by atoms with Gasteiger partial charge in [-0.05, 0) is 49.2 Å². The molecule has 2 heterocycles. The van der Waals surface area contributed by atoms with Crippen LogP contribution in [0.15, 0.2) is 42.5 Å². The van der Waals surface area contributed by atoms with E-state index in [0.717, 1.165) is 22.4 Å². The van der Waals surface area contributed by atoms with Crippen LogP contribution in [0.1, 0.15) is 30.7 Å². The van der Waals surface area contributed by atoms with E-state index in [9.17, 15) is 4.79 Å². The number of nitriles is 1. The topological polar surface area (TPSA) is 94.9 Å². The highest BCUT2D eigenvalue weighted by atomic mass is 16.5. The molecule has 1 aliphatic rings. The second kappa shape index (κ2) is 6.50. The molecule has 3 aromatic rings. The summed E-state index contributed by atoms with van der Waals surface area (Å²) in [6.07, 6.45) is 0. The minimum absolute atomic E-state index is 0.0771. The van der Waals surface area contributed by atoms with Crippen molar-refractivity contribution < 1.29 is 9.53 Å². The number of carbonyl (C=O) groups excluding carboxylic acids is 1. The molecule has 1 amide bonds. The molecule has 0 fully saturated rings. The summed E-state index contributed by atoms with van der Waals surface area (Å²) >= 11 is 0. The van der Waals surface area contributed by atoms with Gasteiger partial charge in [-0.15, -0.1) is 5.10 Å². The van der Waals surface area contributed by atoms with Crippen LogP contribution in [-0.2, 0) is 16.8 Å². The van der Waals surface area contributed by atoms with E-state index in [1.54, 1.807) is 11.9 Å². The van der Waals surface area contributed by atoms with Gasteiger partial charge in [-0.25, -0.2) is 5.10 Å². The number of carbonyl (C=O) groups is 1. The predicted octanol–water partition coefficient (Wildman–Crippen LogP) is 3.18. The van der Waals surface area contributed by atoms with Crippen molar-refractivity contribution in [1.82, 2.24) is 15.4 Å². The maximum absolute atomic E-state index is 12.4.